The van der Waals surface area contributed by atoms with Gasteiger partial charge in [-0.05, 0) is 32.9 Å². The molecule has 3 amide bonds. The van der Waals surface area contributed by atoms with Crippen molar-refractivity contribution in [2.45, 2.75) is 32.9 Å². The van der Waals surface area contributed by atoms with Gasteiger partial charge >= 0.3 is 6.03 Å². The van der Waals surface area contributed by atoms with Crippen LogP contribution in [0.4, 0.5) is 10.5 Å². The maximum absolute atomic E-state index is 12.4. The molecule has 1 aromatic carbocycles. The van der Waals surface area contributed by atoms with Gasteiger partial charge in [-0.25, -0.2) is 4.79 Å². The Hall–Kier alpha value is -1.88. The van der Waals surface area contributed by atoms with Crippen LogP contribution in [0.2, 0.25) is 0 Å². The Balaban J connectivity index is 2.10. The van der Waals surface area contributed by atoms with Gasteiger partial charge in [-0.2, -0.15) is 0 Å². The summed E-state index contributed by atoms with van der Waals surface area (Å²) in [7, 11) is 0. The second-order valence-corrected chi connectivity index (χ2v) is 5.07. The van der Waals surface area contributed by atoms with E-state index in [9.17, 15) is 9.59 Å². The van der Waals surface area contributed by atoms with Crippen LogP contribution >= 0.6 is 0 Å². The highest BCUT2D eigenvalue weighted by molar-refractivity contribution is 6.14. The monoisotopic (exact) mass is 276 g/mol. The van der Waals surface area contributed by atoms with Crippen molar-refractivity contribution in [1.82, 2.24) is 4.90 Å². The van der Waals surface area contributed by atoms with Crippen LogP contribution in [0.25, 0.3) is 0 Å². The number of anilines is 1. The summed E-state index contributed by atoms with van der Waals surface area (Å²) in [5, 5.41) is 0. The second-order valence-electron chi connectivity index (χ2n) is 5.07. The molecule has 1 fully saturated rings. The zero-order valence-corrected chi connectivity index (χ0v) is 12.1. The average Bonchev–Trinajstić information content (AvgIpc) is 2.63. The lowest BCUT2D eigenvalue weighted by Gasteiger charge is -2.19. The maximum Gasteiger partial charge on any atom is 0.332 e. The molecule has 1 aromatic rings. The quantitative estimate of drug-likeness (QED) is 0.775. The molecule has 0 radical (unpaired) electrons. The third kappa shape index (κ3) is 2.82. The average molecular weight is 276 g/mol. The molecule has 2 rings (SSSR count). The number of carbonyl (C=O) groups is 2. The summed E-state index contributed by atoms with van der Waals surface area (Å²) in [5.74, 6) is -0.175. The minimum absolute atomic E-state index is 0.0884. The van der Waals surface area contributed by atoms with Gasteiger partial charge in [-0.1, -0.05) is 18.2 Å². The van der Waals surface area contributed by atoms with E-state index in [-0.39, 0.29) is 18.0 Å². The van der Waals surface area contributed by atoms with E-state index in [1.54, 1.807) is 6.92 Å². The van der Waals surface area contributed by atoms with Crippen molar-refractivity contribution in [3.05, 3.63) is 30.3 Å². The Labute approximate surface area is 119 Å². The van der Waals surface area contributed by atoms with Crippen molar-refractivity contribution >= 4 is 17.6 Å². The number of nitrogens with zero attached hydrogens (tertiary/aromatic N) is 2. The number of benzene rings is 1. The lowest BCUT2D eigenvalue weighted by Crippen LogP contribution is -2.36. The normalized spacial score (nSPS) is 19.3. The van der Waals surface area contributed by atoms with Gasteiger partial charge in [0, 0.05) is 5.69 Å². The summed E-state index contributed by atoms with van der Waals surface area (Å²) >= 11 is 0. The Morgan fingerprint density at radius 1 is 1.20 bits per heavy atom. The first kappa shape index (κ1) is 14.5. The van der Waals surface area contributed by atoms with Gasteiger partial charge in [-0.3, -0.25) is 14.6 Å². The van der Waals surface area contributed by atoms with E-state index in [4.69, 9.17) is 4.74 Å². The molecule has 1 aliphatic rings. The van der Waals surface area contributed by atoms with Gasteiger partial charge in [-0.15, -0.1) is 0 Å². The van der Waals surface area contributed by atoms with Crippen molar-refractivity contribution in [2.75, 3.05) is 18.1 Å². The van der Waals surface area contributed by atoms with Crippen LogP contribution < -0.4 is 4.90 Å². The lowest BCUT2D eigenvalue weighted by atomic mass is 10.2. The number of rotatable bonds is 5. The minimum atomic E-state index is -0.469. The standard InChI is InChI=1S/C15H20N2O3/c1-11(2)20-10-9-16-14(18)12(3)17(15(16)19)13-7-5-4-6-8-13/h4-8,11-12H,9-10H2,1-3H3. The van der Waals surface area contributed by atoms with Crippen molar-refractivity contribution in [3.8, 4) is 0 Å². The molecule has 0 spiro atoms. The van der Waals surface area contributed by atoms with Crippen LogP contribution in [0.1, 0.15) is 20.8 Å². The maximum atomic E-state index is 12.4. The fourth-order valence-electron chi connectivity index (χ4n) is 2.23. The molecule has 1 unspecified atom stereocenters. The topological polar surface area (TPSA) is 49.9 Å². The number of hydrogen-bond acceptors (Lipinski definition) is 3. The van der Waals surface area contributed by atoms with Gasteiger partial charge < -0.3 is 4.74 Å². The summed E-state index contributed by atoms with van der Waals surface area (Å²) in [5.41, 5.74) is 0.741. The highest BCUT2D eigenvalue weighted by Gasteiger charge is 2.42. The zero-order valence-electron chi connectivity index (χ0n) is 12.1. The summed E-state index contributed by atoms with van der Waals surface area (Å²) in [6, 6.07) is 8.50. The summed E-state index contributed by atoms with van der Waals surface area (Å²) < 4.78 is 5.41. The molecular formula is C15H20N2O3. The van der Waals surface area contributed by atoms with E-state index in [0.29, 0.717) is 13.2 Å². The SMILES string of the molecule is CC(C)OCCN1C(=O)C(C)N(c2ccccc2)C1=O. The van der Waals surface area contributed by atoms with E-state index < -0.39 is 6.04 Å². The first-order valence-electron chi connectivity index (χ1n) is 6.83. The van der Waals surface area contributed by atoms with Crippen LogP contribution in [0.15, 0.2) is 30.3 Å². The van der Waals surface area contributed by atoms with Crippen molar-refractivity contribution in [3.63, 3.8) is 0 Å². The fraction of sp³-hybridized carbons (Fsp3) is 0.467. The number of carbonyl (C=O) groups excluding carboxylic acids is 2. The van der Waals surface area contributed by atoms with Gasteiger partial charge in [0.15, 0.2) is 0 Å². The molecule has 108 valence electrons. The van der Waals surface area contributed by atoms with E-state index >= 15 is 0 Å². The molecule has 0 saturated carbocycles. The molecule has 5 nitrogen and oxygen atoms in total. The highest BCUT2D eigenvalue weighted by atomic mass is 16.5. The van der Waals surface area contributed by atoms with Crippen LogP contribution in [0, 0.1) is 0 Å². The lowest BCUT2D eigenvalue weighted by molar-refractivity contribution is -0.127. The number of imide groups is 1. The largest absolute Gasteiger partial charge is 0.377 e. The minimum Gasteiger partial charge on any atom is -0.377 e. The number of hydrogen-bond donors (Lipinski definition) is 0. The predicted molar refractivity (Wildman–Crippen MR) is 76.6 cm³/mol. The molecule has 0 aromatic heterocycles. The second kappa shape index (κ2) is 6.05. The van der Waals surface area contributed by atoms with Gasteiger partial charge in [0.25, 0.3) is 5.91 Å². The molecule has 0 aliphatic carbocycles. The smallest absolute Gasteiger partial charge is 0.332 e. The van der Waals surface area contributed by atoms with E-state index in [2.05, 4.69) is 0 Å². The summed E-state index contributed by atoms with van der Waals surface area (Å²) in [4.78, 5) is 27.4. The molecule has 0 N–H and O–H groups in total. The Bertz CT molecular complexity index is 487. The Morgan fingerprint density at radius 2 is 1.85 bits per heavy atom. The van der Waals surface area contributed by atoms with Crippen molar-refractivity contribution in [1.29, 1.82) is 0 Å². The third-order valence-electron chi connectivity index (χ3n) is 3.25. The van der Waals surface area contributed by atoms with Gasteiger partial charge in [0.1, 0.15) is 6.04 Å². The van der Waals surface area contributed by atoms with Crippen molar-refractivity contribution in [2.24, 2.45) is 0 Å². The Morgan fingerprint density at radius 3 is 2.45 bits per heavy atom. The van der Waals surface area contributed by atoms with E-state index in [1.165, 1.54) is 9.80 Å². The van der Waals surface area contributed by atoms with Crippen LogP contribution in [0.5, 0.6) is 0 Å². The first-order valence-corrected chi connectivity index (χ1v) is 6.83. The molecule has 1 aliphatic heterocycles. The van der Waals surface area contributed by atoms with E-state index in [1.807, 2.05) is 44.2 Å². The molecule has 20 heavy (non-hydrogen) atoms. The van der Waals surface area contributed by atoms with Gasteiger partial charge in [0.2, 0.25) is 0 Å². The fourth-order valence-corrected chi connectivity index (χ4v) is 2.23. The summed E-state index contributed by atoms with van der Waals surface area (Å²) in [6.45, 7) is 6.25. The molecule has 0 bridgehead atoms. The molecular weight excluding hydrogens is 256 g/mol. The zero-order chi connectivity index (χ0) is 14.7. The number of urea groups is 1. The van der Waals surface area contributed by atoms with Crippen LogP contribution in [-0.2, 0) is 9.53 Å². The van der Waals surface area contributed by atoms with E-state index in [0.717, 1.165) is 5.69 Å². The van der Waals surface area contributed by atoms with Gasteiger partial charge in [0.05, 0.1) is 19.3 Å². The number of amides is 3. The number of ether oxygens (including phenoxy) is 1. The molecule has 1 saturated heterocycles. The van der Waals surface area contributed by atoms with Crippen LogP contribution in [0.3, 0.4) is 0 Å². The first-order chi connectivity index (χ1) is 9.52. The molecule has 5 heteroatoms. The third-order valence-corrected chi connectivity index (χ3v) is 3.25. The molecule has 1 atom stereocenters. The summed E-state index contributed by atoms with van der Waals surface area (Å²) in [6.07, 6.45) is 0.0884. The predicted octanol–water partition coefficient (Wildman–Crippen LogP) is 2.27. The highest BCUT2D eigenvalue weighted by Crippen LogP contribution is 2.25. The Kier molecular flexibility index (Phi) is 4.39. The number of para-hydroxylation sites is 1. The van der Waals surface area contributed by atoms with Crippen LogP contribution in [-0.4, -0.2) is 42.1 Å². The van der Waals surface area contributed by atoms with Crippen molar-refractivity contribution < 1.29 is 14.3 Å². The molecule has 1 heterocycles.